The minimum Gasteiger partial charge on any atom is -0.352 e. The quantitative estimate of drug-likeness (QED) is 0.643. The summed E-state index contributed by atoms with van der Waals surface area (Å²) >= 11 is 0. The van der Waals surface area contributed by atoms with Gasteiger partial charge in [-0.05, 0) is 44.4 Å². The van der Waals surface area contributed by atoms with Crippen molar-refractivity contribution < 1.29 is 9.59 Å². The first-order valence-corrected chi connectivity index (χ1v) is 8.61. The van der Waals surface area contributed by atoms with Crippen molar-refractivity contribution >= 4 is 17.5 Å². The minimum atomic E-state index is -0.147. The van der Waals surface area contributed by atoms with E-state index < -0.39 is 0 Å². The average molecular weight is 341 g/mol. The molecule has 0 radical (unpaired) electrons. The summed E-state index contributed by atoms with van der Waals surface area (Å²) in [6.07, 6.45) is 4.90. The number of amides is 2. The van der Waals surface area contributed by atoms with Crippen molar-refractivity contribution in [2.24, 2.45) is 0 Å². The van der Waals surface area contributed by atoms with Gasteiger partial charge in [-0.3, -0.25) is 14.7 Å². The summed E-state index contributed by atoms with van der Waals surface area (Å²) in [5.74, 6) is -0.282. The number of hydrogen-bond donors (Lipinski definition) is 4. The van der Waals surface area contributed by atoms with E-state index in [-0.39, 0.29) is 24.4 Å². The summed E-state index contributed by atoms with van der Waals surface area (Å²) in [6, 6.07) is 7.08. The summed E-state index contributed by atoms with van der Waals surface area (Å²) in [6.45, 7) is 2.64. The maximum absolute atomic E-state index is 12.2. The van der Waals surface area contributed by atoms with Gasteiger partial charge in [-0.25, -0.2) is 0 Å². The number of H-pyrrole nitrogens is 1. The number of carbonyl (C=O) groups is 2. The average Bonchev–Trinajstić information content (AvgIpc) is 3.09. The fourth-order valence-corrected chi connectivity index (χ4v) is 3.10. The van der Waals surface area contributed by atoms with E-state index in [2.05, 4.69) is 26.1 Å². The van der Waals surface area contributed by atoms with Gasteiger partial charge in [0.05, 0.1) is 12.7 Å². The van der Waals surface area contributed by atoms with Crippen molar-refractivity contribution in [1.29, 1.82) is 0 Å². The Bertz CT molecular complexity index is 755. The molecule has 1 aromatic heterocycles. The number of carbonyl (C=O) groups excluding carboxylic acids is 2. The third-order valence-electron chi connectivity index (χ3n) is 4.30. The molecule has 4 N–H and O–H groups in total. The molecule has 0 saturated carbocycles. The third-order valence-corrected chi connectivity index (χ3v) is 4.30. The van der Waals surface area contributed by atoms with Crippen molar-refractivity contribution in [3.8, 4) is 0 Å². The zero-order chi connectivity index (χ0) is 17.6. The van der Waals surface area contributed by atoms with E-state index in [1.807, 2.05) is 13.1 Å². The number of rotatable bonds is 6. The van der Waals surface area contributed by atoms with Crippen LogP contribution in [0.2, 0.25) is 0 Å². The molecule has 1 unspecified atom stereocenters. The smallest absolute Gasteiger partial charge is 0.251 e. The van der Waals surface area contributed by atoms with Crippen LogP contribution in [0.5, 0.6) is 0 Å². The topological polar surface area (TPSA) is 98.9 Å². The number of anilines is 1. The second-order valence-corrected chi connectivity index (χ2v) is 6.12. The van der Waals surface area contributed by atoms with E-state index in [4.69, 9.17) is 0 Å². The number of nitrogens with one attached hydrogen (secondary N) is 4. The molecule has 2 aromatic rings. The molecular formula is C18H23N5O2. The number of aryl methyl sites for hydroxylation is 1. The third kappa shape index (κ3) is 4.24. The van der Waals surface area contributed by atoms with Crippen molar-refractivity contribution in [2.75, 3.05) is 18.4 Å². The van der Waals surface area contributed by atoms with Crippen LogP contribution in [-0.2, 0) is 11.2 Å². The fraction of sp³-hybridized carbons (Fsp3) is 0.389. The van der Waals surface area contributed by atoms with Gasteiger partial charge in [0.2, 0.25) is 5.91 Å². The molecule has 7 nitrogen and oxygen atoms in total. The van der Waals surface area contributed by atoms with E-state index in [1.165, 1.54) is 0 Å². The van der Waals surface area contributed by atoms with Crippen molar-refractivity contribution in [1.82, 2.24) is 20.8 Å². The van der Waals surface area contributed by atoms with Crippen molar-refractivity contribution in [3.05, 3.63) is 47.3 Å². The molecule has 1 atom stereocenters. The summed E-state index contributed by atoms with van der Waals surface area (Å²) in [5.41, 5.74) is 3.45. The van der Waals surface area contributed by atoms with E-state index >= 15 is 0 Å². The summed E-state index contributed by atoms with van der Waals surface area (Å²) in [4.78, 5) is 24.1. The van der Waals surface area contributed by atoms with Crippen LogP contribution in [0.3, 0.4) is 0 Å². The molecule has 0 fully saturated rings. The van der Waals surface area contributed by atoms with Crippen LogP contribution < -0.4 is 16.0 Å². The van der Waals surface area contributed by atoms with Crippen LogP contribution >= 0.6 is 0 Å². The van der Waals surface area contributed by atoms with Gasteiger partial charge in [-0.15, -0.1) is 0 Å². The molecule has 0 saturated heterocycles. The Morgan fingerprint density at radius 1 is 1.36 bits per heavy atom. The maximum Gasteiger partial charge on any atom is 0.251 e. The zero-order valence-electron chi connectivity index (χ0n) is 14.3. The van der Waals surface area contributed by atoms with Gasteiger partial charge >= 0.3 is 0 Å². The standard InChI is InChI=1S/C18H23N5O2/c1-2-19-18(25)12-5-3-6-13(9-12)22-17(24)11-20-15-7-4-8-16-14(15)10-21-23-16/h3,5-6,9-10,15,20H,2,4,7-8,11H2,1H3,(H,19,25)(H,21,23)(H,22,24). The van der Waals surface area contributed by atoms with Crippen LogP contribution in [0, 0.1) is 0 Å². The lowest BCUT2D eigenvalue weighted by atomic mass is 9.93. The molecule has 1 aromatic carbocycles. The van der Waals surface area contributed by atoms with Gasteiger partial charge in [0, 0.05) is 35.1 Å². The second kappa shape index (κ2) is 7.94. The highest BCUT2D eigenvalue weighted by molar-refractivity contribution is 5.97. The Morgan fingerprint density at radius 2 is 2.24 bits per heavy atom. The molecule has 25 heavy (non-hydrogen) atoms. The molecule has 1 aliphatic rings. The molecule has 1 heterocycles. The first-order chi connectivity index (χ1) is 12.2. The number of benzene rings is 1. The predicted octanol–water partition coefficient (Wildman–Crippen LogP) is 1.77. The molecular weight excluding hydrogens is 318 g/mol. The maximum atomic E-state index is 12.2. The fourth-order valence-electron chi connectivity index (χ4n) is 3.10. The molecule has 2 amide bonds. The Hall–Kier alpha value is -2.67. The number of fused-ring (bicyclic) bond motifs is 1. The highest BCUT2D eigenvalue weighted by Crippen LogP contribution is 2.27. The molecule has 0 aliphatic heterocycles. The van der Waals surface area contributed by atoms with Crippen LogP contribution in [0.15, 0.2) is 30.5 Å². The predicted molar refractivity (Wildman–Crippen MR) is 95.3 cm³/mol. The van der Waals surface area contributed by atoms with E-state index in [9.17, 15) is 9.59 Å². The monoisotopic (exact) mass is 341 g/mol. The van der Waals surface area contributed by atoms with Gasteiger partial charge in [0.15, 0.2) is 0 Å². The Labute approximate surface area is 146 Å². The van der Waals surface area contributed by atoms with Gasteiger partial charge in [0.1, 0.15) is 0 Å². The molecule has 7 heteroatoms. The van der Waals surface area contributed by atoms with E-state index in [0.717, 1.165) is 30.5 Å². The van der Waals surface area contributed by atoms with Gasteiger partial charge in [-0.1, -0.05) is 6.07 Å². The van der Waals surface area contributed by atoms with Gasteiger partial charge < -0.3 is 16.0 Å². The first kappa shape index (κ1) is 17.2. The summed E-state index contributed by atoms with van der Waals surface area (Å²) in [7, 11) is 0. The normalized spacial score (nSPS) is 16.1. The first-order valence-electron chi connectivity index (χ1n) is 8.61. The zero-order valence-corrected chi connectivity index (χ0v) is 14.3. The molecule has 3 rings (SSSR count). The largest absolute Gasteiger partial charge is 0.352 e. The van der Waals surface area contributed by atoms with E-state index in [1.54, 1.807) is 24.3 Å². The van der Waals surface area contributed by atoms with Crippen LogP contribution in [0.25, 0.3) is 0 Å². The minimum absolute atomic E-state index is 0.135. The van der Waals surface area contributed by atoms with Crippen molar-refractivity contribution in [3.63, 3.8) is 0 Å². The number of aromatic amines is 1. The summed E-state index contributed by atoms with van der Waals surface area (Å²) in [5, 5.41) is 16.0. The number of hydrogen-bond acceptors (Lipinski definition) is 4. The molecule has 0 bridgehead atoms. The lowest BCUT2D eigenvalue weighted by Crippen LogP contribution is -2.32. The number of nitrogens with zero attached hydrogens (tertiary/aromatic N) is 1. The molecule has 0 spiro atoms. The lowest BCUT2D eigenvalue weighted by Gasteiger charge is -2.22. The highest BCUT2D eigenvalue weighted by Gasteiger charge is 2.22. The number of aromatic nitrogens is 2. The lowest BCUT2D eigenvalue weighted by molar-refractivity contribution is -0.115. The van der Waals surface area contributed by atoms with Crippen LogP contribution in [0.4, 0.5) is 5.69 Å². The Morgan fingerprint density at radius 3 is 3.08 bits per heavy atom. The van der Waals surface area contributed by atoms with Crippen LogP contribution in [-0.4, -0.2) is 35.1 Å². The Kier molecular flexibility index (Phi) is 5.45. The second-order valence-electron chi connectivity index (χ2n) is 6.12. The SMILES string of the molecule is CCNC(=O)c1cccc(NC(=O)CNC2CCCc3[nH]ncc32)c1. The molecule has 1 aliphatic carbocycles. The van der Waals surface area contributed by atoms with Gasteiger partial charge in [0.25, 0.3) is 5.91 Å². The van der Waals surface area contributed by atoms with E-state index in [0.29, 0.717) is 17.8 Å². The highest BCUT2D eigenvalue weighted by atomic mass is 16.2. The Balaban J connectivity index is 1.55. The van der Waals surface area contributed by atoms with Gasteiger partial charge in [-0.2, -0.15) is 5.10 Å². The summed E-state index contributed by atoms with van der Waals surface area (Å²) < 4.78 is 0. The van der Waals surface area contributed by atoms with Crippen LogP contribution in [0.1, 0.15) is 47.4 Å². The van der Waals surface area contributed by atoms with Crippen molar-refractivity contribution in [2.45, 2.75) is 32.2 Å². The molecule has 132 valence electrons.